The maximum atomic E-state index is 13.2. The third kappa shape index (κ3) is 2.01. The first-order valence-electron chi connectivity index (χ1n) is 6.37. The van der Waals surface area contributed by atoms with Gasteiger partial charge in [0, 0.05) is 10.2 Å². The van der Waals surface area contributed by atoms with Crippen molar-refractivity contribution in [1.82, 2.24) is 0 Å². The van der Waals surface area contributed by atoms with E-state index in [1.807, 2.05) is 0 Å². The summed E-state index contributed by atoms with van der Waals surface area (Å²) in [6.45, 7) is 0. The zero-order chi connectivity index (χ0) is 12.8. The highest BCUT2D eigenvalue weighted by molar-refractivity contribution is 9.10. The van der Waals surface area contributed by atoms with Crippen LogP contribution in [0.15, 0.2) is 22.7 Å². The van der Waals surface area contributed by atoms with Gasteiger partial charge in [-0.1, -0.05) is 28.8 Å². The van der Waals surface area contributed by atoms with Crippen LogP contribution < -0.4 is 4.74 Å². The average Bonchev–Trinajstić information content (AvgIpc) is 2.85. The maximum absolute atomic E-state index is 13.2. The molecule has 18 heavy (non-hydrogen) atoms. The van der Waals surface area contributed by atoms with Gasteiger partial charge in [-0.25, -0.2) is 4.39 Å². The van der Waals surface area contributed by atoms with Crippen LogP contribution in [0.5, 0.6) is 5.75 Å². The van der Waals surface area contributed by atoms with Crippen LogP contribution in [0, 0.1) is 11.2 Å². The van der Waals surface area contributed by atoms with Gasteiger partial charge in [0.15, 0.2) is 0 Å². The first-order chi connectivity index (χ1) is 8.62. The summed E-state index contributed by atoms with van der Waals surface area (Å²) in [5.74, 6) is 0.517. The van der Waals surface area contributed by atoms with Crippen molar-refractivity contribution in [3.63, 3.8) is 0 Å². The molecule has 0 N–H and O–H groups in total. The van der Waals surface area contributed by atoms with Crippen LogP contribution in [0.2, 0.25) is 0 Å². The predicted octanol–water partition coefficient (Wildman–Crippen LogP) is 5.06. The molecule has 0 bridgehead atoms. The number of alkyl halides is 1. The highest BCUT2D eigenvalue weighted by Gasteiger charge is 2.56. The largest absolute Gasteiger partial charge is 0.490 e. The molecule has 1 spiro atoms. The molecule has 0 radical (unpaired) electrons. The summed E-state index contributed by atoms with van der Waals surface area (Å²) in [6, 6.07) is 4.88. The third-order valence-corrected chi connectivity index (χ3v) is 6.28. The first-order valence-corrected chi connectivity index (χ1v) is 8.08. The van der Waals surface area contributed by atoms with E-state index in [1.165, 1.54) is 31.7 Å². The van der Waals surface area contributed by atoms with Gasteiger partial charge in [-0.3, -0.25) is 0 Å². The Kier molecular flexibility index (Phi) is 3.43. The molecule has 0 aromatic heterocycles. The third-order valence-electron chi connectivity index (χ3n) is 4.39. The topological polar surface area (TPSA) is 9.23 Å². The lowest BCUT2D eigenvalue weighted by Crippen LogP contribution is -2.55. The molecule has 1 aromatic rings. The van der Waals surface area contributed by atoms with Crippen LogP contribution in [0.25, 0.3) is 0 Å². The summed E-state index contributed by atoms with van der Waals surface area (Å²) in [4.78, 5) is 0.585. The SMILES string of the molecule is Fc1ccc(OC2CC(Br)C23CCCC3)cc1Br. The molecule has 2 aliphatic carbocycles. The van der Waals surface area contributed by atoms with Gasteiger partial charge in [0.2, 0.25) is 0 Å². The van der Waals surface area contributed by atoms with E-state index >= 15 is 0 Å². The van der Waals surface area contributed by atoms with Crippen molar-refractivity contribution in [2.24, 2.45) is 5.41 Å². The van der Waals surface area contributed by atoms with Crippen molar-refractivity contribution in [2.45, 2.75) is 43.0 Å². The van der Waals surface area contributed by atoms with Crippen LogP contribution in [-0.4, -0.2) is 10.9 Å². The maximum Gasteiger partial charge on any atom is 0.137 e. The monoisotopic (exact) mass is 376 g/mol. The molecule has 4 heteroatoms. The van der Waals surface area contributed by atoms with Gasteiger partial charge in [-0.05, 0) is 53.4 Å². The molecule has 0 heterocycles. The van der Waals surface area contributed by atoms with E-state index in [1.54, 1.807) is 12.1 Å². The second kappa shape index (κ2) is 4.78. The summed E-state index contributed by atoms with van der Waals surface area (Å²) in [7, 11) is 0. The van der Waals surface area contributed by atoms with Crippen molar-refractivity contribution < 1.29 is 9.13 Å². The molecule has 3 rings (SSSR count). The highest BCUT2D eigenvalue weighted by Crippen LogP contribution is 2.57. The van der Waals surface area contributed by atoms with Gasteiger partial charge in [0.25, 0.3) is 0 Å². The first kappa shape index (κ1) is 12.9. The van der Waals surface area contributed by atoms with Crippen molar-refractivity contribution >= 4 is 31.9 Å². The molecule has 98 valence electrons. The van der Waals surface area contributed by atoms with Crippen LogP contribution in [0.3, 0.4) is 0 Å². The number of halogens is 3. The normalized spacial score (nSPS) is 29.3. The van der Waals surface area contributed by atoms with Crippen LogP contribution in [-0.2, 0) is 0 Å². The number of ether oxygens (including phenoxy) is 1. The molecule has 2 unspecified atom stereocenters. The Hall–Kier alpha value is -0.0900. The Morgan fingerprint density at radius 2 is 2.00 bits per heavy atom. The number of hydrogen-bond donors (Lipinski definition) is 0. The average molecular weight is 378 g/mol. The van der Waals surface area contributed by atoms with E-state index < -0.39 is 0 Å². The summed E-state index contributed by atoms with van der Waals surface area (Å²) >= 11 is 6.97. The lowest BCUT2D eigenvalue weighted by atomic mass is 9.64. The van der Waals surface area contributed by atoms with E-state index in [2.05, 4.69) is 31.9 Å². The molecule has 0 aliphatic heterocycles. The molecule has 0 saturated heterocycles. The smallest absolute Gasteiger partial charge is 0.137 e. The van der Waals surface area contributed by atoms with E-state index in [9.17, 15) is 4.39 Å². The van der Waals surface area contributed by atoms with Gasteiger partial charge in [-0.2, -0.15) is 0 Å². The van der Waals surface area contributed by atoms with Crippen molar-refractivity contribution in [1.29, 1.82) is 0 Å². The molecule has 2 atom stereocenters. The summed E-state index contributed by atoms with van der Waals surface area (Å²) in [6.07, 6.45) is 6.42. The second-order valence-electron chi connectivity index (χ2n) is 5.33. The molecule has 1 nitrogen and oxygen atoms in total. The van der Waals surface area contributed by atoms with Crippen molar-refractivity contribution in [3.05, 3.63) is 28.5 Å². The minimum Gasteiger partial charge on any atom is -0.490 e. The fraction of sp³-hybridized carbons (Fsp3) is 0.571. The van der Waals surface area contributed by atoms with Crippen LogP contribution >= 0.6 is 31.9 Å². The number of benzene rings is 1. The Bertz CT molecular complexity index is 457. The van der Waals surface area contributed by atoms with E-state index in [4.69, 9.17) is 4.74 Å². The highest BCUT2D eigenvalue weighted by atomic mass is 79.9. The van der Waals surface area contributed by atoms with E-state index in [0.29, 0.717) is 14.7 Å². The molecule has 2 aliphatic rings. The predicted molar refractivity (Wildman–Crippen MR) is 76.7 cm³/mol. The molecular formula is C14H15Br2FO. The lowest BCUT2D eigenvalue weighted by Gasteiger charge is -2.51. The summed E-state index contributed by atoms with van der Waals surface area (Å²) in [5.41, 5.74) is 0.320. The standard InChI is InChI=1S/C14H15Br2FO/c15-10-7-9(3-4-11(10)17)18-13-8-12(16)14(13)5-1-2-6-14/h3-4,7,12-13H,1-2,5-6,8H2. The fourth-order valence-electron chi connectivity index (χ4n) is 3.25. The number of hydrogen-bond acceptors (Lipinski definition) is 1. The van der Waals surface area contributed by atoms with Gasteiger partial charge in [0.1, 0.15) is 17.7 Å². The summed E-state index contributed by atoms with van der Waals surface area (Å²) in [5, 5.41) is 0. The van der Waals surface area contributed by atoms with Crippen molar-refractivity contribution in [2.75, 3.05) is 0 Å². The molecule has 2 fully saturated rings. The fourth-order valence-corrected chi connectivity index (χ4v) is 4.70. The minimum atomic E-state index is -0.245. The molecular weight excluding hydrogens is 363 g/mol. The Balaban J connectivity index is 1.75. The Labute approximate surface area is 123 Å². The molecule has 0 amide bonds. The van der Waals surface area contributed by atoms with Crippen LogP contribution in [0.1, 0.15) is 32.1 Å². The molecule has 2 saturated carbocycles. The van der Waals surface area contributed by atoms with Gasteiger partial charge < -0.3 is 4.74 Å². The van der Waals surface area contributed by atoms with Gasteiger partial charge in [0.05, 0.1) is 4.47 Å². The van der Waals surface area contributed by atoms with E-state index in [0.717, 1.165) is 12.2 Å². The zero-order valence-corrected chi connectivity index (χ0v) is 13.1. The van der Waals surface area contributed by atoms with Crippen LogP contribution in [0.4, 0.5) is 4.39 Å². The molecule has 1 aromatic carbocycles. The van der Waals surface area contributed by atoms with Gasteiger partial charge >= 0.3 is 0 Å². The van der Waals surface area contributed by atoms with E-state index in [-0.39, 0.29) is 11.9 Å². The van der Waals surface area contributed by atoms with Gasteiger partial charge in [-0.15, -0.1) is 0 Å². The lowest BCUT2D eigenvalue weighted by molar-refractivity contribution is -0.0304. The number of rotatable bonds is 2. The quantitative estimate of drug-likeness (QED) is 0.654. The summed E-state index contributed by atoms with van der Waals surface area (Å²) < 4.78 is 19.7. The van der Waals surface area contributed by atoms with Crippen molar-refractivity contribution in [3.8, 4) is 5.75 Å². The zero-order valence-electron chi connectivity index (χ0n) is 9.96. The Morgan fingerprint density at radius 1 is 1.28 bits per heavy atom. The Morgan fingerprint density at radius 3 is 2.61 bits per heavy atom. The second-order valence-corrected chi connectivity index (χ2v) is 7.29. The minimum absolute atomic E-state index is 0.245.